The van der Waals surface area contributed by atoms with Gasteiger partial charge < -0.3 is 14.6 Å². The molecule has 5 nitrogen and oxygen atoms in total. The lowest BCUT2D eigenvalue weighted by atomic mass is 10.1. The maximum Gasteiger partial charge on any atom is 0.231 e. The van der Waals surface area contributed by atoms with Crippen LogP contribution in [0.15, 0.2) is 47.4 Å². The normalized spacial score (nSPS) is 24.8. The molecule has 0 amide bonds. The van der Waals surface area contributed by atoms with Crippen molar-refractivity contribution in [3.63, 3.8) is 0 Å². The third-order valence-corrected chi connectivity index (χ3v) is 7.13. The fourth-order valence-corrected chi connectivity index (χ4v) is 5.65. The Hall–Kier alpha value is -1.76. The lowest BCUT2D eigenvalue weighted by Gasteiger charge is -2.05. The molecule has 7 heteroatoms. The number of aliphatic hydroxyl groups excluding tert-OH is 1. The van der Waals surface area contributed by atoms with E-state index in [1.165, 1.54) is 12.1 Å². The van der Waals surface area contributed by atoms with E-state index < -0.39 is 15.1 Å². The van der Waals surface area contributed by atoms with Gasteiger partial charge in [0.1, 0.15) is 0 Å². The summed E-state index contributed by atoms with van der Waals surface area (Å²) in [7, 11) is -3.55. The number of fused-ring (bicyclic) bond motifs is 1. The van der Waals surface area contributed by atoms with Crippen LogP contribution in [0.3, 0.4) is 0 Å². The first kappa shape index (κ1) is 15.7. The van der Waals surface area contributed by atoms with Crippen LogP contribution in [0.25, 0.3) is 0 Å². The Kier molecular flexibility index (Phi) is 3.71. The first-order valence-electron chi connectivity index (χ1n) is 7.52. The van der Waals surface area contributed by atoms with Crippen LogP contribution >= 0.6 is 11.6 Å². The summed E-state index contributed by atoms with van der Waals surface area (Å²) in [5.41, 5.74) is 0.834. The molecule has 1 aliphatic heterocycles. The summed E-state index contributed by atoms with van der Waals surface area (Å²) in [6.07, 6.45) is 0. The molecule has 1 aliphatic carbocycles. The van der Waals surface area contributed by atoms with Gasteiger partial charge in [-0.15, -0.1) is 0 Å². The van der Waals surface area contributed by atoms with Crippen LogP contribution in [0.2, 0.25) is 5.02 Å². The predicted molar refractivity (Wildman–Crippen MR) is 88.3 cm³/mol. The highest BCUT2D eigenvalue weighted by atomic mass is 35.5. The second-order valence-corrected chi connectivity index (χ2v) is 8.49. The molecular weight excluding hydrogens is 352 g/mol. The van der Waals surface area contributed by atoms with E-state index in [1.54, 1.807) is 24.3 Å². The minimum Gasteiger partial charge on any atom is -0.454 e. The van der Waals surface area contributed by atoms with Gasteiger partial charge in [-0.05, 0) is 42.0 Å². The molecule has 126 valence electrons. The Morgan fingerprint density at radius 3 is 2.50 bits per heavy atom. The van der Waals surface area contributed by atoms with E-state index in [4.69, 9.17) is 21.1 Å². The summed E-state index contributed by atoms with van der Waals surface area (Å²) in [6, 6.07) is 11.5. The molecule has 2 aromatic rings. The summed E-state index contributed by atoms with van der Waals surface area (Å²) in [6.45, 7) is -0.0179. The fourth-order valence-electron chi connectivity index (χ4n) is 3.32. The van der Waals surface area contributed by atoms with Crippen molar-refractivity contribution < 1.29 is 23.0 Å². The fraction of sp³-hybridized carbons (Fsp3) is 0.294. The van der Waals surface area contributed by atoms with Crippen molar-refractivity contribution in [2.45, 2.75) is 16.1 Å². The summed E-state index contributed by atoms with van der Waals surface area (Å²) >= 11 is 5.83. The summed E-state index contributed by atoms with van der Waals surface area (Å²) in [5.74, 6) is 0.673. The SMILES string of the molecule is O=S(=O)(c1ccc(Cl)cc1)C1C(CO)C1c1ccc2c(c1)OCO2. The standard InChI is InChI=1S/C17H15ClO5S/c18-11-2-4-12(5-3-11)24(20,21)17-13(8-19)16(17)10-1-6-14-15(7-10)23-9-22-14/h1-7,13,16-17,19H,8-9H2. The molecule has 0 bridgehead atoms. The van der Waals surface area contributed by atoms with E-state index in [0.717, 1.165) is 5.56 Å². The first-order chi connectivity index (χ1) is 11.5. The molecule has 0 radical (unpaired) electrons. The molecule has 1 saturated carbocycles. The van der Waals surface area contributed by atoms with Gasteiger partial charge in [-0.1, -0.05) is 17.7 Å². The van der Waals surface area contributed by atoms with Crippen LogP contribution in [0.5, 0.6) is 11.5 Å². The summed E-state index contributed by atoms with van der Waals surface area (Å²) < 4.78 is 36.4. The second kappa shape index (κ2) is 5.65. The number of ether oxygens (including phenoxy) is 2. The van der Waals surface area contributed by atoms with Crippen molar-refractivity contribution in [1.29, 1.82) is 0 Å². The number of halogens is 1. The molecular formula is C17H15ClO5S. The van der Waals surface area contributed by atoms with Crippen LogP contribution in [0.1, 0.15) is 11.5 Å². The van der Waals surface area contributed by atoms with Crippen LogP contribution in [0, 0.1) is 5.92 Å². The summed E-state index contributed by atoms with van der Waals surface area (Å²) in [5, 5.41) is 9.45. The Labute approximate surface area is 144 Å². The average molecular weight is 367 g/mol. The Morgan fingerprint density at radius 2 is 1.79 bits per heavy atom. The zero-order valence-electron chi connectivity index (χ0n) is 12.6. The van der Waals surface area contributed by atoms with Gasteiger partial charge in [0.15, 0.2) is 21.3 Å². The Bertz CT molecular complexity index is 878. The Balaban J connectivity index is 1.67. The minimum absolute atomic E-state index is 0.166. The molecule has 1 N–H and O–H groups in total. The van der Waals surface area contributed by atoms with Gasteiger partial charge in [0.05, 0.1) is 10.1 Å². The molecule has 2 aromatic carbocycles. The molecule has 3 atom stereocenters. The quantitative estimate of drug-likeness (QED) is 0.900. The molecule has 24 heavy (non-hydrogen) atoms. The van der Waals surface area contributed by atoms with Crippen molar-refractivity contribution in [3.8, 4) is 11.5 Å². The zero-order chi connectivity index (χ0) is 16.9. The van der Waals surface area contributed by atoms with Gasteiger partial charge in [-0.2, -0.15) is 0 Å². The van der Waals surface area contributed by atoms with Gasteiger partial charge in [-0.3, -0.25) is 0 Å². The molecule has 0 spiro atoms. The number of sulfone groups is 1. The van der Waals surface area contributed by atoms with Crippen molar-refractivity contribution in [2.75, 3.05) is 13.4 Å². The third kappa shape index (κ3) is 2.46. The van der Waals surface area contributed by atoms with Crippen molar-refractivity contribution in [2.24, 2.45) is 5.92 Å². The highest BCUT2D eigenvalue weighted by molar-refractivity contribution is 7.92. The number of benzene rings is 2. The molecule has 4 rings (SSSR count). The lowest BCUT2D eigenvalue weighted by Crippen LogP contribution is -2.11. The average Bonchev–Trinajstić information content (AvgIpc) is 3.15. The van der Waals surface area contributed by atoms with Gasteiger partial charge in [0.2, 0.25) is 6.79 Å². The van der Waals surface area contributed by atoms with Gasteiger partial charge in [0, 0.05) is 23.5 Å². The third-order valence-electron chi connectivity index (χ3n) is 4.59. The van der Waals surface area contributed by atoms with Crippen LogP contribution in [-0.2, 0) is 9.84 Å². The minimum atomic E-state index is -3.55. The van der Waals surface area contributed by atoms with E-state index in [0.29, 0.717) is 16.5 Å². The van der Waals surface area contributed by atoms with Crippen LogP contribution in [0.4, 0.5) is 0 Å². The van der Waals surface area contributed by atoms with Gasteiger partial charge in [-0.25, -0.2) is 8.42 Å². The summed E-state index contributed by atoms with van der Waals surface area (Å²) in [4.78, 5) is 0.221. The van der Waals surface area contributed by atoms with Crippen molar-refractivity contribution >= 4 is 21.4 Å². The number of hydrogen-bond donors (Lipinski definition) is 1. The van der Waals surface area contributed by atoms with E-state index >= 15 is 0 Å². The van der Waals surface area contributed by atoms with Crippen molar-refractivity contribution in [3.05, 3.63) is 53.1 Å². The monoisotopic (exact) mass is 366 g/mol. The topological polar surface area (TPSA) is 72.8 Å². The smallest absolute Gasteiger partial charge is 0.231 e. The van der Waals surface area contributed by atoms with E-state index in [2.05, 4.69) is 0 Å². The Morgan fingerprint density at radius 1 is 1.08 bits per heavy atom. The first-order valence-corrected chi connectivity index (χ1v) is 9.44. The molecule has 0 saturated heterocycles. The maximum absolute atomic E-state index is 12.9. The molecule has 1 heterocycles. The van der Waals surface area contributed by atoms with E-state index in [-0.39, 0.29) is 30.1 Å². The van der Waals surface area contributed by atoms with Crippen molar-refractivity contribution in [1.82, 2.24) is 0 Å². The predicted octanol–water partition coefficient (Wildman–Crippen LogP) is 2.62. The second-order valence-electron chi connectivity index (χ2n) is 5.95. The number of aliphatic hydroxyl groups is 1. The largest absolute Gasteiger partial charge is 0.454 e. The maximum atomic E-state index is 12.9. The highest BCUT2D eigenvalue weighted by Gasteiger charge is 2.58. The molecule has 0 aromatic heterocycles. The highest BCUT2D eigenvalue weighted by Crippen LogP contribution is 2.54. The van der Waals surface area contributed by atoms with Crippen LogP contribution < -0.4 is 9.47 Å². The number of hydrogen-bond acceptors (Lipinski definition) is 5. The van der Waals surface area contributed by atoms with Gasteiger partial charge in [0.25, 0.3) is 0 Å². The van der Waals surface area contributed by atoms with Gasteiger partial charge >= 0.3 is 0 Å². The zero-order valence-corrected chi connectivity index (χ0v) is 14.1. The number of rotatable bonds is 4. The van der Waals surface area contributed by atoms with E-state index in [9.17, 15) is 13.5 Å². The molecule has 1 fully saturated rings. The van der Waals surface area contributed by atoms with Crippen LogP contribution in [-0.4, -0.2) is 32.2 Å². The lowest BCUT2D eigenvalue weighted by molar-refractivity contribution is 0.174. The van der Waals surface area contributed by atoms with E-state index in [1.807, 2.05) is 6.07 Å². The molecule has 3 unspecified atom stereocenters. The molecule has 2 aliphatic rings.